The van der Waals surface area contributed by atoms with Crippen LogP contribution in [0.25, 0.3) is 0 Å². The number of nitrogens with one attached hydrogen (secondary N) is 1. The number of ether oxygens (including phenoxy) is 3. The van der Waals surface area contributed by atoms with Crippen molar-refractivity contribution < 1.29 is 33.4 Å². The fourth-order valence-corrected chi connectivity index (χ4v) is 5.11. The molecule has 5 rings (SSSR count). The van der Waals surface area contributed by atoms with Crippen molar-refractivity contribution in [2.24, 2.45) is 0 Å². The van der Waals surface area contributed by atoms with E-state index in [1.807, 2.05) is 0 Å². The molecule has 0 radical (unpaired) electrons. The standard InChI is InChI=1S/C26H29N5O7/c1-36-21-12-22(37-2)29-23(28-21)26(35)30-10-4-3-5-16(30)14-38-17-6-7-18-15(11-17)13-31(25(18)34)19-8-9-20(32)27-24(19)33/h6-7,11-12,16,19H,3-5,8-10,13-14H2,1-2H3,(H,27,32,33)/t16-,19?/m1/s1. The van der Waals surface area contributed by atoms with Crippen molar-refractivity contribution in [1.29, 1.82) is 0 Å². The highest BCUT2D eigenvalue weighted by molar-refractivity contribution is 6.05. The number of carbonyl (C=O) groups excluding carboxylic acids is 4. The highest BCUT2D eigenvalue weighted by Gasteiger charge is 2.39. The normalized spacial score (nSPS) is 21.2. The first-order valence-corrected chi connectivity index (χ1v) is 12.6. The number of aromatic nitrogens is 2. The average Bonchev–Trinajstić information content (AvgIpc) is 3.26. The van der Waals surface area contributed by atoms with Gasteiger partial charge in [-0.2, -0.15) is 9.97 Å². The molecule has 3 aliphatic rings. The Kier molecular flexibility index (Phi) is 7.12. The number of nitrogens with zero attached hydrogens (tertiary/aromatic N) is 4. The maximum absolute atomic E-state index is 13.3. The lowest BCUT2D eigenvalue weighted by Crippen LogP contribution is -2.52. The van der Waals surface area contributed by atoms with Gasteiger partial charge in [0.05, 0.1) is 26.3 Å². The SMILES string of the molecule is COc1cc(OC)nc(C(=O)N2CCCC[C@@H]2COc2ccc3c(c2)CN(C2CCC(=O)NC2=O)C3=O)n1. The predicted octanol–water partition coefficient (Wildman–Crippen LogP) is 1.33. The van der Waals surface area contributed by atoms with E-state index in [1.54, 1.807) is 23.1 Å². The molecular weight excluding hydrogens is 494 g/mol. The topological polar surface area (TPSA) is 140 Å². The second kappa shape index (κ2) is 10.6. The van der Waals surface area contributed by atoms with Gasteiger partial charge >= 0.3 is 0 Å². The van der Waals surface area contributed by atoms with Crippen molar-refractivity contribution >= 4 is 23.6 Å². The number of methoxy groups -OCH3 is 2. The van der Waals surface area contributed by atoms with Crippen molar-refractivity contribution in [3.8, 4) is 17.5 Å². The summed E-state index contributed by atoms with van der Waals surface area (Å²) in [6, 6.07) is 5.86. The molecule has 12 nitrogen and oxygen atoms in total. The third kappa shape index (κ3) is 4.98. The van der Waals surface area contributed by atoms with Crippen LogP contribution in [0.3, 0.4) is 0 Å². The van der Waals surface area contributed by atoms with E-state index in [0.29, 0.717) is 24.3 Å². The summed E-state index contributed by atoms with van der Waals surface area (Å²) in [5.41, 5.74) is 1.27. The maximum atomic E-state index is 13.3. The smallest absolute Gasteiger partial charge is 0.292 e. The Morgan fingerprint density at radius 2 is 1.82 bits per heavy atom. The van der Waals surface area contributed by atoms with Crippen molar-refractivity contribution in [1.82, 2.24) is 25.1 Å². The average molecular weight is 524 g/mol. The number of hydrogen-bond acceptors (Lipinski definition) is 9. The zero-order valence-electron chi connectivity index (χ0n) is 21.3. The minimum absolute atomic E-state index is 0.00214. The predicted molar refractivity (Wildman–Crippen MR) is 132 cm³/mol. The van der Waals surface area contributed by atoms with Crippen LogP contribution in [0.5, 0.6) is 17.5 Å². The summed E-state index contributed by atoms with van der Waals surface area (Å²) in [7, 11) is 2.92. The van der Waals surface area contributed by atoms with Crippen LogP contribution in [0, 0.1) is 0 Å². The Labute approximate surface area is 219 Å². The molecule has 38 heavy (non-hydrogen) atoms. The van der Waals surface area contributed by atoms with Crippen LogP contribution in [-0.4, -0.2) is 82.9 Å². The molecule has 2 atom stereocenters. The highest BCUT2D eigenvalue weighted by atomic mass is 16.5. The van der Waals surface area contributed by atoms with Crippen molar-refractivity contribution in [3.05, 3.63) is 41.2 Å². The Morgan fingerprint density at radius 1 is 1.05 bits per heavy atom. The molecule has 2 aromatic rings. The number of fused-ring (bicyclic) bond motifs is 1. The van der Waals surface area contributed by atoms with E-state index in [9.17, 15) is 19.2 Å². The monoisotopic (exact) mass is 523 g/mol. The van der Waals surface area contributed by atoms with Crippen LogP contribution in [0.4, 0.5) is 0 Å². The summed E-state index contributed by atoms with van der Waals surface area (Å²) >= 11 is 0. The van der Waals surface area contributed by atoms with Crippen LogP contribution < -0.4 is 19.5 Å². The van der Waals surface area contributed by atoms with Gasteiger partial charge in [-0.25, -0.2) is 0 Å². The van der Waals surface area contributed by atoms with Crippen molar-refractivity contribution in [2.75, 3.05) is 27.4 Å². The van der Waals surface area contributed by atoms with Crippen molar-refractivity contribution in [2.45, 2.75) is 50.7 Å². The van der Waals surface area contributed by atoms with E-state index in [1.165, 1.54) is 25.2 Å². The van der Waals surface area contributed by atoms with Gasteiger partial charge in [0.15, 0.2) is 0 Å². The lowest BCUT2D eigenvalue weighted by atomic mass is 10.0. The zero-order valence-corrected chi connectivity index (χ0v) is 21.3. The molecule has 4 heterocycles. The Morgan fingerprint density at radius 3 is 2.53 bits per heavy atom. The quantitative estimate of drug-likeness (QED) is 0.532. The van der Waals surface area contributed by atoms with Gasteiger partial charge in [-0.1, -0.05) is 0 Å². The summed E-state index contributed by atoms with van der Waals surface area (Å²) in [4.78, 5) is 61.6. The highest BCUT2D eigenvalue weighted by Crippen LogP contribution is 2.31. The maximum Gasteiger partial charge on any atom is 0.292 e. The minimum Gasteiger partial charge on any atom is -0.491 e. The van der Waals surface area contributed by atoms with Gasteiger partial charge in [-0.3, -0.25) is 24.5 Å². The first kappa shape index (κ1) is 25.4. The molecule has 2 saturated heterocycles. The van der Waals surface area contributed by atoms with E-state index >= 15 is 0 Å². The molecule has 0 saturated carbocycles. The largest absolute Gasteiger partial charge is 0.491 e. The Hall–Kier alpha value is -4.22. The fraction of sp³-hybridized carbons (Fsp3) is 0.462. The fourth-order valence-electron chi connectivity index (χ4n) is 5.11. The second-order valence-corrected chi connectivity index (χ2v) is 9.45. The van der Waals surface area contributed by atoms with E-state index < -0.39 is 11.9 Å². The third-order valence-electron chi connectivity index (χ3n) is 7.11. The molecule has 12 heteroatoms. The number of imide groups is 1. The molecule has 1 N–H and O–H groups in total. The summed E-state index contributed by atoms with van der Waals surface area (Å²) in [5.74, 6) is -0.282. The molecule has 0 aliphatic carbocycles. The van der Waals surface area contributed by atoms with Gasteiger partial charge in [0.2, 0.25) is 29.4 Å². The van der Waals surface area contributed by atoms with Gasteiger partial charge < -0.3 is 24.0 Å². The number of carbonyl (C=O) groups is 4. The molecule has 2 fully saturated rings. The van der Waals surface area contributed by atoms with Crippen LogP contribution in [-0.2, 0) is 16.1 Å². The summed E-state index contributed by atoms with van der Waals surface area (Å²) in [6.07, 6.45) is 3.09. The van der Waals surface area contributed by atoms with E-state index in [0.717, 1.165) is 24.8 Å². The molecule has 1 aromatic carbocycles. The second-order valence-electron chi connectivity index (χ2n) is 9.45. The summed E-state index contributed by atoms with van der Waals surface area (Å²) in [5, 5.41) is 2.31. The third-order valence-corrected chi connectivity index (χ3v) is 7.11. The first-order valence-electron chi connectivity index (χ1n) is 12.6. The van der Waals surface area contributed by atoms with E-state index in [2.05, 4.69) is 15.3 Å². The number of benzene rings is 1. The van der Waals surface area contributed by atoms with Gasteiger partial charge in [-0.05, 0) is 49.4 Å². The van der Waals surface area contributed by atoms with Crippen LogP contribution >= 0.6 is 0 Å². The summed E-state index contributed by atoms with van der Waals surface area (Å²) in [6.45, 7) is 1.08. The van der Waals surface area contributed by atoms with E-state index in [-0.39, 0.29) is 60.9 Å². The summed E-state index contributed by atoms with van der Waals surface area (Å²) < 4.78 is 16.4. The van der Waals surface area contributed by atoms with E-state index in [4.69, 9.17) is 14.2 Å². The number of amides is 4. The van der Waals surface area contributed by atoms with Crippen LogP contribution in [0.1, 0.15) is 58.6 Å². The number of hydrogen-bond donors (Lipinski definition) is 1. The number of rotatable bonds is 7. The molecule has 0 bridgehead atoms. The van der Waals surface area contributed by atoms with Gasteiger partial charge in [0.1, 0.15) is 18.4 Å². The van der Waals surface area contributed by atoms with Crippen LogP contribution in [0.15, 0.2) is 24.3 Å². The molecule has 0 spiro atoms. The Balaban J connectivity index is 1.26. The lowest BCUT2D eigenvalue weighted by Gasteiger charge is -2.35. The lowest BCUT2D eigenvalue weighted by molar-refractivity contribution is -0.136. The van der Waals surface area contributed by atoms with Gasteiger partial charge in [0, 0.05) is 25.1 Å². The molecule has 1 unspecified atom stereocenters. The van der Waals surface area contributed by atoms with Gasteiger partial charge in [-0.15, -0.1) is 0 Å². The number of likely N-dealkylation sites (tertiary alicyclic amines) is 1. The molecule has 4 amide bonds. The van der Waals surface area contributed by atoms with Gasteiger partial charge in [0.25, 0.3) is 11.8 Å². The molecule has 200 valence electrons. The first-order chi connectivity index (χ1) is 18.4. The zero-order chi connectivity index (χ0) is 26.8. The van der Waals surface area contributed by atoms with Crippen molar-refractivity contribution in [3.63, 3.8) is 0 Å². The Bertz CT molecular complexity index is 1260. The van der Waals surface area contributed by atoms with Crippen LogP contribution in [0.2, 0.25) is 0 Å². The molecular formula is C26H29N5O7. The molecule has 3 aliphatic heterocycles. The number of piperidine rings is 2. The minimum atomic E-state index is -0.670. The molecule has 1 aromatic heterocycles.